The summed E-state index contributed by atoms with van der Waals surface area (Å²) in [5.41, 5.74) is 2.67. The van der Waals surface area contributed by atoms with Gasteiger partial charge in [0.2, 0.25) is 24.8 Å². The minimum absolute atomic E-state index is 0.0130. The van der Waals surface area contributed by atoms with Crippen LogP contribution in [-0.2, 0) is 120 Å². The number of carbonyl (C=O) groups excluding carboxylic acids is 14. The predicted molar refractivity (Wildman–Crippen MR) is 386 cm³/mol. The van der Waals surface area contributed by atoms with Gasteiger partial charge in [0.1, 0.15) is 62.5 Å². The van der Waals surface area contributed by atoms with Crippen LogP contribution in [0.2, 0.25) is 0 Å². The minimum atomic E-state index is -1.56. The molecule has 0 radical (unpaired) electrons. The van der Waals surface area contributed by atoms with Gasteiger partial charge in [0.15, 0.2) is 54.8 Å². The Morgan fingerprint density at radius 2 is 0.623 bits per heavy atom. The standard InChI is InChI=1S/C29H30O13.C28H30O13.C15H12O4.C8H6O4/c1-16(31)36-15-24-25(38-17(2)32)26(39-18(3)33)27(40-19(4)34)29(42-24)41-23-11-10-21(12-22(23)13-30)28(35)37-14-20-8-6-5-7-9-20;1-15(29)35-14-23-24(37-16(2)30)25(38-17(3)31)26(39-18(4)32)28(41-23)40-22-11-10-20(12-21(22)33)27(34)36-13-19-8-6-5-7-9-19;16-9-13-8-12(6-7-14(13)17)15(18)19-10-11-4-2-1-3-5-11;9-4-6-3-5(8(11)12)1-2-7(6)10/h5-13,24-27,29H,14-15H2,1-4H3;5-12,23-26,28,33H,13-14H2,1-4H3;1-9,17H,10H2;1-4,10H,(H,11,12)/t24-,25+,26+,27-,29?;23-,24+,25+,26-,28?;;/m11../s1. The van der Waals surface area contributed by atoms with E-state index in [1.165, 1.54) is 60.7 Å². The van der Waals surface area contributed by atoms with Gasteiger partial charge in [-0.25, -0.2) is 19.2 Å². The number of aromatic hydroxyl groups is 3. The Hall–Kier alpha value is -13.9. The third-order valence-electron chi connectivity index (χ3n) is 15.4. The normalized spacial score (nSPS) is 18.2. The minimum Gasteiger partial charge on any atom is -0.507 e. The van der Waals surface area contributed by atoms with Gasteiger partial charge >= 0.3 is 71.6 Å². The molecule has 0 spiro atoms. The van der Waals surface area contributed by atoms with Crippen molar-refractivity contribution in [2.45, 2.75) is 137 Å². The van der Waals surface area contributed by atoms with Crippen LogP contribution in [0, 0.1) is 0 Å². The maximum atomic E-state index is 12.6. The van der Waals surface area contributed by atoms with Crippen LogP contribution in [0.15, 0.2) is 164 Å². The number of aldehydes is 3. The highest BCUT2D eigenvalue weighted by molar-refractivity contribution is 5.94. The Labute approximate surface area is 649 Å². The SMILES string of the molecule is CC(=O)OC[C@H]1OC(Oc2ccc(C(=O)OCc3ccccc3)cc2C=O)[C@H](OC(C)=O)[C@@H](OC(C)=O)[C@H]1OC(C)=O.CC(=O)OC[C@H]1OC(Oc2ccc(C(=O)OCc3ccccc3)cc2O)[C@H](OC(C)=O)[C@@H](OC(C)=O)[C@H]1OC(C)=O.O=Cc1cc(C(=O)O)ccc1O.O=Cc1cc(C(=O)OCc2ccccc2)ccc1O. The monoisotopic (exact) mass is 1580 g/mol. The average molecular weight is 1580 g/mol. The second kappa shape index (κ2) is 44.1. The molecule has 0 aromatic heterocycles. The Kier molecular flexibility index (Phi) is 34.4. The molecular weight excluding hydrogens is 1500 g/mol. The Balaban J connectivity index is 0.000000260. The summed E-state index contributed by atoms with van der Waals surface area (Å²) >= 11 is 0. The molecule has 10 atom stereocenters. The molecule has 4 N–H and O–H groups in total. The lowest BCUT2D eigenvalue weighted by molar-refractivity contribution is -0.288. The topological polar surface area (TPSA) is 475 Å². The second-order valence-corrected chi connectivity index (χ2v) is 24.2. The molecule has 2 aliphatic rings. The number of aromatic carboxylic acids is 1. The van der Waals surface area contributed by atoms with E-state index in [1.807, 2.05) is 42.5 Å². The van der Waals surface area contributed by atoms with Crippen LogP contribution in [0.4, 0.5) is 0 Å². The molecule has 7 aromatic carbocycles. The molecule has 0 amide bonds. The molecule has 34 nitrogen and oxygen atoms in total. The largest absolute Gasteiger partial charge is 0.507 e. The van der Waals surface area contributed by atoms with Gasteiger partial charge in [0.05, 0.1) is 38.9 Å². The molecule has 2 unspecified atom stereocenters. The van der Waals surface area contributed by atoms with Crippen molar-refractivity contribution < 1.29 is 163 Å². The first-order valence-electron chi connectivity index (χ1n) is 34.1. The van der Waals surface area contributed by atoms with Crippen LogP contribution in [0.25, 0.3) is 0 Å². The van der Waals surface area contributed by atoms with Crippen LogP contribution in [-0.4, -0.2) is 186 Å². The lowest BCUT2D eigenvalue weighted by atomic mass is 9.98. The summed E-state index contributed by atoms with van der Waals surface area (Å²) < 4.78 is 81.2. The first kappa shape index (κ1) is 89.0. The molecule has 114 heavy (non-hydrogen) atoms. The Morgan fingerprint density at radius 1 is 0.325 bits per heavy atom. The van der Waals surface area contributed by atoms with Crippen molar-refractivity contribution in [3.8, 4) is 28.7 Å². The number of phenolic OH excluding ortho intramolecular Hbond substituents is 3. The number of carbonyl (C=O) groups is 15. The smallest absolute Gasteiger partial charge is 0.338 e. The van der Waals surface area contributed by atoms with Crippen LogP contribution >= 0.6 is 0 Å². The van der Waals surface area contributed by atoms with Crippen molar-refractivity contribution in [2.24, 2.45) is 0 Å². The van der Waals surface area contributed by atoms with Crippen molar-refractivity contribution in [2.75, 3.05) is 13.2 Å². The summed E-state index contributed by atoms with van der Waals surface area (Å²) in [6, 6.07) is 42.4. The highest BCUT2D eigenvalue weighted by Crippen LogP contribution is 2.36. The average Bonchev–Trinajstić information content (AvgIpc) is 0.782. The third-order valence-corrected chi connectivity index (χ3v) is 15.4. The van der Waals surface area contributed by atoms with E-state index in [-0.39, 0.29) is 81.8 Å². The molecule has 2 aliphatic heterocycles. The fourth-order valence-electron chi connectivity index (χ4n) is 10.4. The molecule has 0 aliphatic carbocycles. The molecular formula is C80H78O34. The number of hydrogen-bond acceptors (Lipinski definition) is 33. The van der Waals surface area contributed by atoms with Gasteiger partial charge in [-0.2, -0.15) is 0 Å². The number of rotatable bonds is 27. The predicted octanol–water partition coefficient (Wildman–Crippen LogP) is 7.99. The van der Waals surface area contributed by atoms with Crippen molar-refractivity contribution >= 4 is 90.5 Å². The van der Waals surface area contributed by atoms with Gasteiger partial charge in [0.25, 0.3) is 0 Å². The number of phenols is 3. The zero-order valence-electron chi connectivity index (χ0n) is 62.2. The van der Waals surface area contributed by atoms with E-state index in [0.717, 1.165) is 84.2 Å². The van der Waals surface area contributed by atoms with E-state index < -0.39 is 152 Å². The fourth-order valence-corrected chi connectivity index (χ4v) is 10.4. The number of carboxylic acid groups (broad SMARTS) is 1. The maximum absolute atomic E-state index is 12.6. The number of carboxylic acids is 1. The molecule has 9 rings (SSSR count). The van der Waals surface area contributed by atoms with Crippen molar-refractivity contribution in [1.29, 1.82) is 0 Å². The summed E-state index contributed by atoms with van der Waals surface area (Å²) in [6.45, 7) is 8.12. The van der Waals surface area contributed by atoms with E-state index in [2.05, 4.69) is 0 Å². The zero-order valence-corrected chi connectivity index (χ0v) is 62.2. The highest BCUT2D eigenvalue weighted by atomic mass is 16.8. The number of benzene rings is 7. The molecule has 2 heterocycles. The summed E-state index contributed by atoms with van der Waals surface area (Å²) in [5, 5.41) is 37.5. The van der Waals surface area contributed by atoms with Gasteiger partial charge in [-0.1, -0.05) is 91.0 Å². The Morgan fingerprint density at radius 3 is 0.956 bits per heavy atom. The molecule has 0 saturated carbocycles. The maximum Gasteiger partial charge on any atom is 0.338 e. The van der Waals surface area contributed by atoms with Gasteiger partial charge < -0.3 is 91.5 Å². The van der Waals surface area contributed by atoms with E-state index in [0.29, 0.717) is 18.9 Å². The lowest BCUT2D eigenvalue weighted by Crippen LogP contribution is -2.63. The number of hydrogen-bond donors (Lipinski definition) is 4. The molecule has 0 bridgehead atoms. The zero-order chi connectivity index (χ0) is 83.7. The van der Waals surface area contributed by atoms with Crippen LogP contribution < -0.4 is 9.47 Å². The van der Waals surface area contributed by atoms with Crippen molar-refractivity contribution in [3.05, 3.63) is 219 Å². The van der Waals surface area contributed by atoms with Gasteiger partial charge in [-0.3, -0.25) is 52.7 Å². The molecule has 602 valence electrons. The second-order valence-electron chi connectivity index (χ2n) is 24.2. The molecule has 34 heteroatoms. The van der Waals surface area contributed by atoms with Gasteiger partial charge in [-0.15, -0.1) is 0 Å². The molecule has 2 saturated heterocycles. The fraction of sp³-hybridized carbons (Fsp3) is 0.287. The number of esters is 11. The summed E-state index contributed by atoms with van der Waals surface area (Å²) in [4.78, 5) is 175. The Bertz CT molecular complexity index is 4560. The summed E-state index contributed by atoms with van der Waals surface area (Å²) in [7, 11) is 0. The lowest BCUT2D eigenvalue weighted by Gasteiger charge is -2.44. The highest BCUT2D eigenvalue weighted by Gasteiger charge is 2.55. The quantitative estimate of drug-likeness (QED) is 0.0215. The van der Waals surface area contributed by atoms with E-state index in [1.54, 1.807) is 48.5 Å². The van der Waals surface area contributed by atoms with Crippen molar-refractivity contribution in [1.82, 2.24) is 0 Å². The van der Waals surface area contributed by atoms with Crippen LogP contribution in [0.3, 0.4) is 0 Å². The van der Waals surface area contributed by atoms with E-state index in [9.17, 15) is 82.1 Å². The van der Waals surface area contributed by atoms with Crippen LogP contribution in [0.5, 0.6) is 28.7 Å². The van der Waals surface area contributed by atoms with Crippen LogP contribution in [0.1, 0.15) is 145 Å². The third kappa shape index (κ3) is 28.2. The summed E-state index contributed by atoms with van der Waals surface area (Å²) in [5.74, 6) is -10.4. The molecule has 2 fully saturated rings. The first-order valence-corrected chi connectivity index (χ1v) is 34.1. The number of ether oxygens (including phenoxy) is 15. The first-order chi connectivity index (χ1) is 54.3. The van der Waals surface area contributed by atoms with E-state index in [4.69, 9.17) is 81.3 Å². The summed E-state index contributed by atoms with van der Waals surface area (Å²) in [6.07, 6.45) is -12.9. The molecule has 7 aromatic rings. The van der Waals surface area contributed by atoms with E-state index >= 15 is 0 Å². The van der Waals surface area contributed by atoms with Gasteiger partial charge in [-0.05, 0) is 89.5 Å². The van der Waals surface area contributed by atoms with Crippen molar-refractivity contribution in [3.63, 3.8) is 0 Å². The van der Waals surface area contributed by atoms with Gasteiger partial charge in [0, 0.05) is 55.4 Å².